The quantitative estimate of drug-likeness (QED) is 0.761. The zero-order chi connectivity index (χ0) is 15.3. The Bertz CT molecular complexity index is 474. The highest BCUT2D eigenvalue weighted by Crippen LogP contribution is 2.21. The molecule has 20 heavy (non-hydrogen) atoms. The molecule has 0 heterocycles. The van der Waals surface area contributed by atoms with Gasteiger partial charge in [0, 0.05) is 16.6 Å². The number of unbranched alkanes of at least 4 members (excludes halogenated alkanes) is 1. The Hall–Kier alpha value is -1.04. The third-order valence-corrected chi connectivity index (χ3v) is 3.35. The number of hydrogen-bond acceptors (Lipinski definition) is 1. The van der Waals surface area contributed by atoms with E-state index in [2.05, 4.69) is 15.9 Å². The molecule has 0 aliphatic heterocycles. The summed E-state index contributed by atoms with van der Waals surface area (Å²) in [7, 11) is 0. The highest BCUT2D eigenvalue weighted by atomic mass is 79.9. The van der Waals surface area contributed by atoms with Gasteiger partial charge in [-0.25, -0.2) is 0 Å². The molecule has 0 aromatic heterocycles. The van der Waals surface area contributed by atoms with E-state index >= 15 is 0 Å². The van der Waals surface area contributed by atoms with Crippen molar-refractivity contribution in [3.8, 4) is 0 Å². The lowest BCUT2D eigenvalue weighted by atomic mass is 10.1. The van der Waals surface area contributed by atoms with Gasteiger partial charge in [0.15, 0.2) is 0 Å². The van der Waals surface area contributed by atoms with Crippen LogP contribution in [0.25, 0.3) is 0 Å². The number of amides is 1. The molecule has 0 fully saturated rings. The zero-order valence-electron chi connectivity index (χ0n) is 11.4. The number of carbonyl (C=O) groups is 1. The van der Waals surface area contributed by atoms with Crippen LogP contribution in [0, 0.1) is 6.92 Å². The number of alkyl halides is 3. The Morgan fingerprint density at radius 1 is 1.35 bits per heavy atom. The molecule has 0 saturated carbocycles. The monoisotopic (exact) mass is 351 g/mol. The first-order chi connectivity index (χ1) is 9.24. The second-order valence-corrected chi connectivity index (χ2v) is 5.57. The summed E-state index contributed by atoms with van der Waals surface area (Å²) < 4.78 is 38.5. The second-order valence-electron chi connectivity index (χ2n) is 4.65. The molecule has 0 spiro atoms. The van der Waals surface area contributed by atoms with Gasteiger partial charge < -0.3 is 4.90 Å². The van der Waals surface area contributed by atoms with Gasteiger partial charge in [0.1, 0.15) is 6.54 Å². The molecular formula is C14H17BrF3NO. The van der Waals surface area contributed by atoms with E-state index in [0.29, 0.717) is 17.5 Å². The number of aryl methyl sites for hydroxylation is 1. The minimum atomic E-state index is -4.38. The van der Waals surface area contributed by atoms with Gasteiger partial charge in [-0.1, -0.05) is 29.3 Å². The summed E-state index contributed by atoms with van der Waals surface area (Å²) >= 11 is 3.27. The molecule has 0 saturated heterocycles. The third-order valence-electron chi connectivity index (χ3n) is 2.86. The van der Waals surface area contributed by atoms with E-state index < -0.39 is 18.6 Å². The highest BCUT2D eigenvalue weighted by molar-refractivity contribution is 9.10. The van der Waals surface area contributed by atoms with Crippen LogP contribution in [-0.4, -0.2) is 30.1 Å². The molecule has 0 aliphatic carbocycles. The lowest BCUT2D eigenvalue weighted by Gasteiger charge is -2.24. The fraction of sp³-hybridized carbons (Fsp3) is 0.500. The van der Waals surface area contributed by atoms with Crippen LogP contribution in [0.3, 0.4) is 0 Å². The molecule has 0 bridgehead atoms. The van der Waals surface area contributed by atoms with Crippen LogP contribution in [0.4, 0.5) is 13.2 Å². The normalized spacial score (nSPS) is 11.5. The first-order valence-corrected chi connectivity index (χ1v) is 7.16. The Morgan fingerprint density at radius 2 is 2.00 bits per heavy atom. The average Bonchev–Trinajstić information content (AvgIpc) is 2.32. The molecule has 1 aromatic carbocycles. The van der Waals surface area contributed by atoms with Crippen molar-refractivity contribution < 1.29 is 18.0 Å². The fourth-order valence-electron chi connectivity index (χ4n) is 1.86. The maximum atomic E-state index is 12.6. The molecule has 0 N–H and O–H groups in total. The summed E-state index contributed by atoms with van der Waals surface area (Å²) in [4.78, 5) is 13.1. The number of carbonyl (C=O) groups excluding carboxylic acids is 1. The molecular weight excluding hydrogens is 335 g/mol. The first kappa shape index (κ1) is 17.0. The predicted molar refractivity (Wildman–Crippen MR) is 75.7 cm³/mol. The molecule has 0 radical (unpaired) electrons. The summed E-state index contributed by atoms with van der Waals surface area (Å²) in [5.74, 6) is -0.569. The Balaban J connectivity index is 2.96. The largest absolute Gasteiger partial charge is 0.406 e. The molecule has 112 valence electrons. The van der Waals surface area contributed by atoms with E-state index in [9.17, 15) is 18.0 Å². The number of nitrogens with zero attached hydrogens (tertiary/aromatic N) is 1. The topological polar surface area (TPSA) is 20.3 Å². The lowest BCUT2D eigenvalue weighted by molar-refractivity contribution is -0.140. The maximum Gasteiger partial charge on any atom is 0.406 e. The van der Waals surface area contributed by atoms with Crippen LogP contribution in [0.2, 0.25) is 0 Å². The minimum Gasteiger partial charge on any atom is -0.330 e. The van der Waals surface area contributed by atoms with Gasteiger partial charge in [0.05, 0.1) is 0 Å². The first-order valence-electron chi connectivity index (χ1n) is 6.36. The van der Waals surface area contributed by atoms with Crippen LogP contribution in [0.1, 0.15) is 35.7 Å². The Morgan fingerprint density at radius 3 is 2.50 bits per heavy atom. The summed E-state index contributed by atoms with van der Waals surface area (Å²) in [6, 6.07) is 4.93. The summed E-state index contributed by atoms with van der Waals surface area (Å²) in [6.07, 6.45) is -3.09. The van der Waals surface area contributed by atoms with Crippen LogP contribution in [-0.2, 0) is 0 Å². The molecule has 1 amide bonds. The SMILES string of the molecule is CCCCN(CC(F)(F)F)C(=O)c1ccc(Br)cc1C. The van der Waals surface area contributed by atoms with Crippen LogP contribution < -0.4 is 0 Å². The summed E-state index contributed by atoms with van der Waals surface area (Å²) in [5, 5.41) is 0. The molecule has 0 aliphatic rings. The van der Waals surface area contributed by atoms with Crippen molar-refractivity contribution in [2.45, 2.75) is 32.9 Å². The average molecular weight is 352 g/mol. The van der Waals surface area contributed by atoms with Gasteiger partial charge in [0.2, 0.25) is 0 Å². The zero-order valence-corrected chi connectivity index (χ0v) is 13.0. The van der Waals surface area contributed by atoms with Crippen molar-refractivity contribution in [2.24, 2.45) is 0 Å². The molecule has 1 aromatic rings. The maximum absolute atomic E-state index is 12.6. The molecule has 2 nitrogen and oxygen atoms in total. The van der Waals surface area contributed by atoms with Crippen molar-refractivity contribution in [2.75, 3.05) is 13.1 Å². The van der Waals surface area contributed by atoms with Crippen molar-refractivity contribution in [1.82, 2.24) is 4.90 Å². The minimum absolute atomic E-state index is 0.115. The third kappa shape index (κ3) is 5.15. The van der Waals surface area contributed by atoms with Gasteiger partial charge in [-0.2, -0.15) is 13.2 Å². The fourth-order valence-corrected chi connectivity index (χ4v) is 2.33. The van der Waals surface area contributed by atoms with E-state index in [0.717, 1.165) is 15.8 Å². The van der Waals surface area contributed by atoms with Gasteiger partial charge in [-0.15, -0.1) is 0 Å². The van der Waals surface area contributed by atoms with E-state index in [4.69, 9.17) is 0 Å². The van der Waals surface area contributed by atoms with Crippen LogP contribution in [0.5, 0.6) is 0 Å². The van der Waals surface area contributed by atoms with Crippen molar-refractivity contribution in [3.05, 3.63) is 33.8 Å². The standard InChI is InChI=1S/C14H17BrF3NO/c1-3-4-7-19(9-14(16,17)18)13(20)12-6-5-11(15)8-10(12)2/h5-6,8H,3-4,7,9H2,1-2H3. The van der Waals surface area contributed by atoms with Gasteiger partial charge in [-0.05, 0) is 37.1 Å². The smallest absolute Gasteiger partial charge is 0.330 e. The number of rotatable bonds is 5. The number of benzene rings is 1. The van der Waals surface area contributed by atoms with Gasteiger partial charge in [-0.3, -0.25) is 4.79 Å². The van der Waals surface area contributed by atoms with E-state index in [1.807, 2.05) is 6.92 Å². The van der Waals surface area contributed by atoms with Crippen LogP contribution in [0.15, 0.2) is 22.7 Å². The van der Waals surface area contributed by atoms with Crippen molar-refractivity contribution >= 4 is 21.8 Å². The van der Waals surface area contributed by atoms with E-state index in [1.54, 1.807) is 25.1 Å². The van der Waals surface area contributed by atoms with Crippen molar-refractivity contribution in [1.29, 1.82) is 0 Å². The summed E-state index contributed by atoms with van der Waals surface area (Å²) in [5.41, 5.74) is 0.974. The predicted octanol–water partition coefficient (Wildman–Crippen LogP) is 4.56. The molecule has 0 unspecified atom stereocenters. The second kappa shape index (κ2) is 7.11. The summed E-state index contributed by atoms with van der Waals surface area (Å²) in [6.45, 7) is 2.50. The highest BCUT2D eigenvalue weighted by Gasteiger charge is 2.33. The number of hydrogen-bond donors (Lipinski definition) is 0. The van der Waals surface area contributed by atoms with E-state index in [-0.39, 0.29) is 6.54 Å². The Kier molecular flexibility index (Phi) is 6.05. The molecule has 0 atom stereocenters. The van der Waals surface area contributed by atoms with Crippen molar-refractivity contribution in [3.63, 3.8) is 0 Å². The van der Waals surface area contributed by atoms with Crippen LogP contribution >= 0.6 is 15.9 Å². The Labute approximate surface area is 125 Å². The van der Waals surface area contributed by atoms with Gasteiger partial charge in [0.25, 0.3) is 5.91 Å². The molecule has 6 heteroatoms. The van der Waals surface area contributed by atoms with E-state index in [1.165, 1.54) is 0 Å². The molecule has 1 rings (SSSR count). The number of halogens is 4. The van der Waals surface area contributed by atoms with Gasteiger partial charge >= 0.3 is 6.18 Å². The lowest BCUT2D eigenvalue weighted by Crippen LogP contribution is -2.39.